The molecule has 1 aromatic carbocycles. The monoisotopic (exact) mass is 575 g/mol. The molecule has 9 heteroatoms. The van der Waals surface area contributed by atoms with E-state index in [0.717, 1.165) is 16.8 Å². The summed E-state index contributed by atoms with van der Waals surface area (Å²) in [6, 6.07) is 6.61. The van der Waals surface area contributed by atoms with Crippen LogP contribution in [0.4, 0.5) is 14.5 Å². The predicted molar refractivity (Wildman–Crippen MR) is 148 cm³/mol. The van der Waals surface area contributed by atoms with Gasteiger partial charge >= 0.3 is 0 Å². The number of thioether (sulfide) groups is 1. The molecule has 9 atom stereocenters. The number of aliphatic hydroxyl groups excluding tert-OH is 1. The fourth-order valence-electron chi connectivity index (χ4n) is 8.17. The number of fused-ring (bicyclic) bond motifs is 5. The zero-order valence-corrected chi connectivity index (χ0v) is 23.4. The Morgan fingerprint density at radius 3 is 2.62 bits per heavy atom. The molecule has 0 heterocycles. The highest BCUT2D eigenvalue weighted by molar-refractivity contribution is 8.13. The van der Waals surface area contributed by atoms with Gasteiger partial charge in [0.05, 0.1) is 17.5 Å². The molecule has 0 aliphatic heterocycles. The molecule has 1 aromatic rings. The molecule has 208 valence electrons. The summed E-state index contributed by atoms with van der Waals surface area (Å²) >= 11 is 7.00. The molecule has 5 rings (SSSR count). The Labute approximate surface area is 236 Å². The van der Waals surface area contributed by atoms with Crippen LogP contribution in [0.2, 0.25) is 5.02 Å². The second-order valence-corrected chi connectivity index (χ2v) is 13.2. The second kappa shape index (κ2) is 10.0. The van der Waals surface area contributed by atoms with Crippen LogP contribution in [-0.2, 0) is 9.59 Å². The Balaban J connectivity index is 1.54. The Bertz CT molecular complexity index is 1280. The van der Waals surface area contributed by atoms with Gasteiger partial charge in [-0.2, -0.15) is 0 Å². The lowest BCUT2D eigenvalue weighted by Gasteiger charge is -2.62. The minimum absolute atomic E-state index is 0.0117. The van der Waals surface area contributed by atoms with Crippen molar-refractivity contribution in [1.29, 1.82) is 0 Å². The first-order valence-electron chi connectivity index (χ1n) is 13.1. The fraction of sp³-hybridized carbons (Fsp3) is 0.533. The number of nitrogens with zero attached hydrogens (tertiary/aromatic N) is 1. The summed E-state index contributed by atoms with van der Waals surface area (Å²) in [7, 11) is 0. The number of aliphatic hydroxyl groups is 1. The fourth-order valence-corrected chi connectivity index (χ4v) is 9.16. The van der Waals surface area contributed by atoms with Gasteiger partial charge in [-0.25, -0.2) is 8.78 Å². The molecule has 0 radical (unpaired) electrons. The van der Waals surface area contributed by atoms with Crippen LogP contribution in [0.5, 0.6) is 0 Å². The lowest BCUT2D eigenvalue weighted by atomic mass is 9.45. The molecular formula is C30H32ClF2NO4S. The van der Waals surface area contributed by atoms with Crippen molar-refractivity contribution in [2.45, 2.75) is 51.1 Å². The highest BCUT2D eigenvalue weighted by atomic mass is 35.5. The summed E-state index contributed by atoms with van der Waals surface area (Å²) in [4.78, 5) is 25.7. The maximum absolute atomic E-state index is 17.5. The van der Waals surface area contributed by atoms with Gasteiger partial charge in [-0.3, -0.25) is 19.9 Å². The number of carbonyl (C=O) groups is 2. The number of anilines is 1. The number of allylic oxidation sites excluding steroid dienone is 4. The van der Waals surface area contributed by atoms with E-state index in [1.54, 1.807) is 31.2 Å². The number of carbonyl (C=O) groups excluding carboxylic acids is 2. The molecule has 3 fully saturated rings. The minimum atomic E-state index is -2.23. The van der Waals surface area contributed by atoms with E-state index >= 15 is 8.78 Å². The summed E-state index contributed by atoms with van der Waals surface area (Å²) in [5, 5.41) is 23.9. The van der Waals surface area contributed by atoms with Gasteiger partial charge in [-0.1, -0.05) is 42.3 Å². The largest absolute Gasteiger partial charge is 0.390 e. The topological polar surface area (TPSA) is 77.8 Å². The van der Waals surface area contributed by atoms with Crippen molar-refractivity contribution in [2.75, 3.05) is 17.4 Å². The van der Waals surface area contributed by atoms with Crippen molar-refractivity contribution in [2.24, 2.45) is 34.5 Å². The van der Waals surface area contributed by atoms with Crippen LogP contribution >= 0.6 is 23.4 Å². The number of hydrogen-bond acceptors (Lipinski definition) is 6. The highest BCUT2D eigenvalue weighted by Gasteiger charge is 2.73. The van der Waals surface area contributed by atoms with E-state index in [4.69, 9.17) is 18.0 Å². The molecule has 39 heavy (non-hydrogen) atoms. The maximum Gasteiger partial charge on any atom is 0.193 e. The van der Waals surface area contributed by atoms with Crippen molar-refractivity contribution in [3.05, 3.63) is 53.1 Å². The van der Waals surface area contributed by atoms with Gasteiger partial charge in [0.25, 0.3) is 0 Å². The average molecular weight is 576 g/mol. The van der Waals surface area contributed by atoms with Crippen molar-refractivity contribution >= 4 is 39.9 Å². The first kappa shape index (κ1) is 28.4. The van der Waals surface area contributed by atoms with Crippen LogP contribution in [-0.4, -0.2) is 51.5 Å². The summed E-state index contributed by atoms with van der Waals surface area (Å²) in [5.74, 6) is -0.160. The first-order chi connectivity index (χ1) is 18.4. The van der Waals surface area contributed by atoms with Gasteiger partial charge in [-0.15, -0.1) is 6.42 Å². The third kappa shape index (κ3) is 4.28. The second-order valence-electron chi connectivity index (χ2n) is 11.8. The Kier molecular flexibility index (Phi) is 7.29. The number of terminal acetylenes is 1. The van der Waals surface area contributed by atoms with Gasteiger partial charge in [0.2, 0.25) is 0 Å². The molecule has 0 bridgehead atoms. The Morgan fingerprint density at radius 1 is 1.26 bits per heavy atom. The van der Waals surface area contributed by atoms with Crippen molar-refractivity contribution in [3.63, 3.8) is 0 Å². The van der Waals surface area contributed by atoms with Gasteiger partial charge in [0.1, 0.15) is 6.17 Å². The average Bonchev–Trinajstić information content (AvgIpc) is 3.17. The predicted octanol–water partition coefficient (Wildman–Crippen LogP) is 5.59. The third-order valence-electron chi connectivity index (χ3n) is 9.89. The Hall–Kier alpha value is -2.18. The summed E-state index contributed by atoms with van der Waals surface area (Å²) in [5.41, 5.74) is -4.02. The van der Waals surface area contributed by atoms with Crippen LogP contribution in [0.1, 0.15) is 33.1 Å². The summed E-state index contributed by atoms with van der Waals surface area (Å²) < 4.78 is 33.2. The molecule has 4 aliphatic rings. The van der Waals surface area contributed by atoms with E-state index < -0.39 is 58.2 Å². The van der Waals surface area contributed by atoms with E-state index in [-0.39, 0.29) is 35.8 Å². The smallest absolute Gasteiger partial charge is 0.193 e. The van der Waals surface area contributed by atoms with Crippen LogP contribution < -0.4 is 5.06 Å². The lowest BCUT2D eigenvalue weighted by molar-refractivity contribution is -0.201. The van der Waals surface area contributed by atoms with Crippen LogP contribution in [0.15, 0.2) is 48.1 Å². The third-order valence-corrected chi connectivity index (χ3v) is 11.0. The van der Waals surface area contributed by atoms with Crippen molar-refractivity contribution in [1.82, 2.24) is 0 Å². The standard InChI is InChI=1S/C30H32ClF2NO4S/c1-4-11-39-27(37)26-17(16-34(38)19-7-5-18(31)6-8-19)12-21-22-14-24(32)23-13-20(35)9-10-29(23,3)30(22,33)25(36)15-28(21,26)2/h1,5-10,13,17,21-22,24-26,36,38H,11-12,14-16H2,2-3H3/t17-,21?,22-,24-,25-,26+,28-,29-,30-/m0/s1. The number of alkyl halides is 2. The van der Waals surface area contributed by atoms with E-state index in [1.807, 2.05) is 6.92 Å². The van der Waals surface area contributed by atoms with Gasteiger partial charge in [-0.05, 0) is 85.4 Å². The minimum Gasteiger partial charge on any atom is -0.390 e. The SMILES string of the molecule is C#CCSC(=O)[C@H]1[C@H](CN(O)c2ccc(Cl)cc2)CC2[C@@H]3C[C@H](F)C4=CC(=O)C=C[C@]4(C)[C@@]3(F)[C@@H](O)C[C@@]21C. The Morgan fingerprint density at radius 2 is 1.95 bits per heavy atom. The van der Waals surface area contributed by atoms with Gasteiger partial charge in [0.15, 0.2) is 16.6 Å². The number of benzene rings is 1. The molecule has 0 spiro atoms. The molecule has 0 amide bonds. The lowest BCUT2D eigenvalue weighted by Crippen LogP contribution is -2.68. The maximum atomic E-state index is 17.5. The quantitative estimate of drug-likeness (QED) is 0.352. The zero-order chi connectivity index (χ0) is 28.3. The molecule has 2 N–H and O–H groups in total. The number of halogens is 3. The molecule has 0 aromatic heterocycles. The van der Waals surface area contributed by atoms with Crippen molar-refractivity contribution in [3.8, 4) is 12.3 Å². The molecule has 1 unspecified atom stereocenters. The van der Waals surface area contributed by atoms with Gasteiger partial charge in [0, 0.05) is 28.8 Å². The first-order valence-corrected chi connectivity index (χ1v) is 14.5. The number of hydrogen-bond donors (Lipinski definition) is 2. The van der Waals surface area contributed by atoms with E-state index in [0.29, 0.717) is 17.1 Å². The molecule has 5 nitrogen and oxygen atoms in total. The molecule has 3 saturated carbocycles. The van der Waals surface area contributed by atoms with Crippen molar-refractivity contribution < 1.29 is 28.7 Å². The van der Waals surface area contributed by atoms with Crippen LogP contribution in [0, 0.1) is 46.8 Å². The van der Waals surface area contributed by atoms with E-state index in [1.165, 1.54) is 18.2 Å². The van der Waals surface area contributed by atoms with Crippen LogP contribution in [0.25, 0.3) is 0 Å². The summed E-state index contributed by atoms with van der Waals surface area (Å²) in [6.07, 6.45) is 6.35. The van der Waals surface area contributed by atoms with E-state index in [2.05, 4.69) is 5.92 Å². The van der Waals surface area contributed by atoms with Crippen LogP contribution in [0.3, 0.4) is 0 Å². The zero-order valence-electron chi connectivity index (χ0n) is 21.8. The number of hydroxylamine groups is 1. The van der Waals surface area contributed by atoms with Gasteiger partial charge < -0.3 is 5.11 Å². The van der Waals surface area contributed by atoms with E-state index in [9.17, 15) is 19.9 Å². The molecular weight excluding hydrogens is 544 g/mol. The highest BCUT2D eigenvalue weighted by Crippen LogP contribution is 2.70. The molecule has 4 aliphatic carbocycles. The summed E-state index contributed by atoms with van der Waals surface area (Å²) in [6.45, 7) is 3.52. The number of rotatable bonds is 5. The molecule has 0 saturated heterocycles. The number of ketones is 1. The normalized spacial score (nSPS) is 40.7.